The average molecular weight is 355 g/mol. The first kappa shape index (κ1) is 16.2. The number of imidazole rings is 1. The van der Waals surface area contributed by atoms with Crippen LogP contribution in [0.5, 0.6) is 0 Å². The Kier molecular flexibility index (Phi) is 4.50. The van der Waals surface area contributed by atoms with E-state index in [-0.39, 0.29) is 5.91 Å². The number of anilines is 1. The van der Waals surface area contributed by atoms with Crippen LogP contribution in [0.4, 0.5) is 5.95 Å². The van der Waals surface area contributed by atoms with Crippen LogP contribution in [0.3, 0.4) is 0 Å². The standard InChI is InChI=1S/C18H21N5OS/c1-22-15-7-3-2-6-14(15)20-18(22)21-16(24)12-23-9-4-5-13(11-23)17-19-8-10-25-17/h2-3,6-8,10,13H,4-5,9,11-12H2,1H3,(H,20,21,24). The number of nitrogens with one attached hydrogen (secondary N) is 1. The third-order valence-corrected chi connectivity index (χ3v) is 5.65. The second-order valence-corrected chi connectivity index (χ2v) is 7.40. The number of rotatable bonds is 4. The molecular weight excluding hydrogens is 334 g/mol. The van der Waals surface area contributed by atoms with Gasteiger partial charge in [0.1, 0.15) is 0 Å². The van der Waals surface area contributed by atoms with E-state index in [2.05, 4.69) is 20.2 Å². The lowest BCUT2D eigenvalue weighted by Crippen LogP contribution is -2.40. The fourth-order valence-corrected chi connectivity index (χ4v) is 4.23. The number of para-hydroxylation sites is 2. The minimum Gasteiger partial charge on any atom is -0.313 e. The first-order chi connectivity index (χ1) is 12.2. The summed E-state index contributed by atoms with van der Waals surface area (Å²) in [6.07, 6.45) is 4.11. The van der Waals surface area contributed by atoms with Crippen molar-refractivity contribution in [2.24, 2.45) is 7.05 Å². The van der Waals surface area contributed by atoms with Crippen LogP contribution in [0.2, 0.25) is 0 Å². The zero-order valence-corrected chi connectivity index (χ0v) is 15.0. The van der Waals surface area contributed by atoms with Crippen LogP contribution in [0.1, 0.15) is 23.8 Å². The van der Waals surface area contributed by atoms with Crippen molar-refractivity contribution in [3.63, 3.8) is 0 Å². The molecule has 25 heavy (non-hydrogen) atoms. The largest absolute Gasteiger partial charge is 0.313 e. The summed E-state index contributed by atoms with van der Waals surface area (Å²) in [6.45, 7) is 2.24. The number of benzene rings is 1. The number of likely N-dealkylation sites (tertiary alicyclic amines) is 1. The van der Waals surface area contributed by atoms with Gasteiger partial charge in [-0.2, -0.15) is 0 Å². The molecule has 0 aliphatic carbocycles. The molecule has 0 bridgehead atoms. The maximum absolute atomic E-state index is 12.5. The quantitative estimate of drug-likeness (QED) is 0.782. The van der Waals surface area contributed by atoms with Gasteiger partial charge in [0, 0.05) is 31.1 Å². The number of aryl methyl sites for hydroxylation is 1. The second kappa shape index (κ2) is 6.93. The van der Waals surface area contributed by atoms with Gasteiger partial charge in [-0.15, -0.1) is 11.3 Å². The smallest absolute Gasteiger partial charge is 0.240 e. The Balaban J connectivity index is 1.40. The molecule has 1 aliphatic heterocycles. The molecule has 2 aromatic heterocycles. The topological polar surface area (TPSA) is 63.1 Å². The Morgan fingerprint density at radius 2 is 2.28 bits per heavy atom. The number of carbonyl (C=O) groups is 1. The van der Waals surface area contributed by atoms with Gasteiger partial charge in [-0.05, 0) is 31.5 Å². The first-order valence-electron chi connectivity index (χ1n) is 8.54. The molecule has 0 saturated carbocycles. The van der Waals surface area contributed by atoms with Gasteiger partial charge in [0.05, 0.1) is 22.6 Å². The van der Waals surface area contributed by atoms with Crippen molar-refractivity contribution < 1.29 is 4.79 Å². The van der Waals surface area contributed by atoms with Gasteiger partial charge in [0.2, 0.25) is 11.9 Å². The fraction of sp³-hybridized carbons (Fsp3) is 0.389. The SMILES string of the molecule is Cn1c(NC(=O)CN2CCCC(c3nccs3)C2)nc2ccccc21. The summed E-state index contributed by atoms with van der Waals surface area (Å²) in [6, 6.07) is 7.88. The number of nitrogens with zero attached hydrogens (tertiary/aromatic N) is 4. The third kappa shape index (κ3) is 3.43. The molecule has 6 nitrogen and oxygen atoms in total. The monoisotopic (exact) mass is 355 g/mol. The highest BCUT2D eigenvalue weighted by Crippen LogP contribution is 2.28. The van der Waals surface area contributed by atoms with Crippen molar-refractivity contribution in [2.45, 2.75) is 18.8 Å². The van der Waals surface area contributed by atoms with Crippen molar-refractivity contribution in [3.8, 4) is 0 Å². The van der Waals surface area contributed by atoms with Crippen LogP contribution in [-0.4, -0.2) is 45.0 Å². The predicted molar refractivity (Wildman–Crippen MR) is 99.9 cm³/mol. The number of thiazole rings is 1. The summed E-state index contributed by atoms with van der Waals surface area (Å²) in [4.78, 5) is 23.6. The van der Waals surface area contributed by atoms with Crippen LogP contribution in [0.25, 0.3) is 11.0 Å². The Morgan fingerprint density at radius 1 is 1.40 bits per heavy atom. The van der Waals surface area contributed by atoms with E-state index in [1.54, 1.807) is 11.3 Å². The summed E-state index contributed by atoms with van der Waals surface area (Å²) in [5, 5.41) is 6.16. The number of aromatic nitrogens is 3. The van der Waals surface area contributed by atoms with Crippen LogP contribution >= 0.6 is 11.3 Å². The number of amides is 1. The van der Waals surface area contributed by atoms with Gasteiger partial charge in [-0.1, -0.05) is 12.1 Å². The highest BCUT2D eigenvalue weighted by molar-refractivity contribution is 7.09. The lowest BCUT2D eigenvalue weighted by molar-refractivity contribution is -0.117. The molecule has 1 saturated heterocycles. The number of piperidine rings is 1. The Morgan fingerprint density at radius 3 is 3.08 bits per heavy atom. The summed E-state index contributed by atoms with van der Waals surface area (Å²) in [7, 11) is 1.92. The predicted octanol–water partition coefficient (Wildman–Crippen LogP) is 2.85. The van der Waals surface area contributed by atoms with Crippen LogP contribution in [0.15, 0.2) is 35.8 Å². The minimum atomic E-state index is -0.0156. The summed E-state index contributed by atoms with van der Waals surface area (Å²) in [5.74, 6) is 1.02. The molecular formula is C18H21N5OS. The molecule has 1 aliphatic rings. The highest BCUT2D eigenvalue weighted by atomic mass is 32.1. The zero-order valence-electron chi connectivity index (χ0n) is 14.2. The maximum Gasteiger partial charge on any atom is 0.240 e. The van der Waals surface area contributed by atoms with E-state index in [1.807, 2.05) is 47.5 Å². The molecule has 3 heterocycles. The van der Waals surface area contributed by atoms with Crippen molar-refractivity contribution in [3.05, 3.63) is 40.8 Å². The molecule has 1 unspecified atom stereocenters. The van der Waals surface area contributed by atoms with Crippen molar-refractivity contribution in [2.75, 3.05) is 25.0 Å². The summed E-state index contributed by atoms with van der Waals surface area (Å²) in [5.41, 5.74) is 1.90. The molecule has 1 atom stereocenters. The van der Waals surface area contributed by atoms with Gasteiger partial charge >= 0.3 is 0 Å². The van der Waals surface area contributed by atoms with E-state index >= 15 is 0 Å². The summed E-state index contributed by atoms with van der Waals surface area (Å²) < 4.78 is 1.92. The average Bonchev–Trinajstić information content (AvgIpc) is 3.25. The fourth-order valence-electron chi connectivity index (χ4n) is 3.46. The molecule has 0 radical (unpaired) electrons. The zero-order chi connectivity index (χ0) is 17.2. The molecule has 1 amide bonds. The Hall–Kier alpha value is -2.25. The van der Waals surface area contributed by atoms with E-state index < -0.39 is 0 Å². The molecule has 1 aromatic carbocycles. The number of hydrogen-bond donors (Lipinski definition) is 1. The van der Waals surface area contributed by atoms with Gasteiger partial charge < -0.3 is 4.57 Å². The van der Waals surface area contributed by atoms with Crippen LogP contribution < -0.4 is 5.32 Å². The molecule has 0 spiro atoms. The van der Waals surface area contributed by atoms with Crippen molar-refractivity contribution in [1.82, 2.24) is 19.4 Å². The molecule has 4 rings (SSSR count). The van der Waals surface area contributed by atoms with E-state index in [9.17, 15) is 4.79 Å². The molecule has 1 N–H and O–H groups in total. The molecule has 1 fully saturated rings. The summed E-state index contributed by atoms with van der Waals surface area (Å²) >= 11 is 1.71. The number of fused-ring (bicyclic) bond motifs is 1. The lowest BCUT2D eigenvalue weighted by atomic mass is 9.99. The highest BCUT2D eigenvalue weighted by Gasteiger charge is 2.24. The van der Waals surface area contributed by atoms with Crippen LogP contribution in [-0.2, 0) is 11.8 Å². The van der Waals surface area contributed by atoms with Crippen LogP contribution in [0, 0.1) is 0 Å². The van der Waals surface area contributed by atoms with Gasteiger partial charge in [0.15, 0.2) is 0 Å². The molecule has 130 valence electrons. The van der Waals surface area contributed by atoms with E-state index in [0.717, 1.165) is 37.0 Å². The number of carbonyl (C=O) groups excluding carboxylic acids is 1. The van der Waals surface area contributed by atoms with Crippen molar-refractivity contribution in [1.29, 1.82) is 0 Å². The third-order valence-electron chi connectivity index (χ3n) is 4.71. The molecule has 7 heteroatoms. The van der Waals surface area contributed by atoms with Gasteiger partial charge in [0.25, 0.3) is 0 Å². The maximum atomic E-state index is 12.5. The van der Waals surface area contributed by atoms with Gasteiger partial charge in [-0.3, -0.25) is 15.0 Å². The molecule has 3 aromatic rings. The number of hydrogen-bond acceptors (Lipinski definition) is 5. The Bertz CT molecular complexity index is 873. The normalized spacial score (nSPS) is 18.5. The van der Waals surface area contributed by atoms with Crippen molar-refractivity contribution >= 4 is 34.2 Å². The van der Waals surface area contributed by atoms with E-state index in [0.29, 0.717) is 18.4 Å². The minimum absolute atomic E-state index is 0.0156. The Labute approximate surface area is 150 Å². The first-order valence-corrected chi connectivity index (χ1v) is 9.42. The van der Waals surface area contributed by atoms with Gasteiger partial charge in [-0.25, -0.2) is 9.97 Å². The lowest BCUT2D eigenvalue weighted by Gasteiger charge is -2.31. The van der Waals surface area contributed by atoms with E-state index in [4.69, 9.17) is 0 Å². The van der Waals surface area contributed by atoms with E-state index in [1.165, 1.54) is 5.01 Å². The second-order valence-electron chi connectivity index (χ2n) is 6.48.